The van der Waals surface area contributed by atoms with Crippen molar-refractivity contribution >= 4 is 22.4 Å². The van der Waals surface area contributed by atoms with Gasteiger partial charge in [0.25, 0.3) is 0 Å². The quantitative estimate of drug-likeness (QED) is 0.614. The lowest BCUT2D eigenvalue weighted by molar-refractivity contribution is 0.194. The summed E-state index contributed by atoms with van der Waals surface area (Å²) in [7, 11) is 1.68. The number of nitrogens with zero attached hydrogens (tertiary/aromatic N) is 2. The van der Waals surface area contributed by atoms with Crippen LogP contribution in [0.15, 0.2) is 18.2 Å². The highest BCUT2D eigenvalue weighted by Crippen LogP contribution is 2.20. The third kappa shape index (κ3) is 2.62. The summed E-state index contributed by atoms with van der Waals surface area (Å²) >= 11 is 0. The van der Waals surface area contributed by atoms with Gasteiger partial charge in [-0.05, 0) is 24.6 Å². The molecule has 1 heterocycles. The lowest BCUT2D eigenvalue weighted by Gasteiger charge is -2.05. The summed E-state index contributed by atoms with van der Waals surface area (Å²) in [5, 5.41) is 0.842. The molecular weight excluding hydrogens is 216 g/mol. The minimum atomic E-state index is 0.502. The smallest absolute Gasteiger partial charge is 0.135 e. The van der Waals surface area contributed by atoms with Crippen LogP contribution in [0.1, 0.15) is 12.2 Å². The van der Waals surface area contributed by atoms with Gasteiger partial charge in [-0.3, -0.25) is 0 Å². The Labute approximate surface area is 99.8 Å². The van der Waals surface area contributed by atoms with Crippen molar-refractivity contribution in [1.29, 1.82) is 0 Å². The number of aromatic nitrogens is 2. The van der Waals surface area contributed by atoms with Crippen LogP contribution in [-0.4, -0.2) is 23.7 Å². The highest BCUT2D eigenvalue weighted by Gasteiger charge is 2.05. The largest absolute Gasteiger partial charge is 0.399 e. The van der Waals surface area contributed by atoms with Gasteiger partial charge in [-0.2, -0.15) is 0 Å². The summed E-state index contributed by atoms with van der Waals surface area (Å²) in [6.45, 7) is 0.693. The summed E-state index contributed by atoms with van der Waals surface area (Å²) in [5.41, 5.74) is 13.1. The Balaban J connectivity index is 2.33. The standard InChI is InChI=1S/C12H16N4O/c1-17-6-2-3-11-15-10-7-8(13)4-5-9(10)12(14)16-11/h4-5,7H,2-3,6,13H2,1H3,(H2,14,15,16). The van der Waals surface area contributed by atoms with Crippen LogP contribution in [0.4, 0.5) is 11.5 Å². The summed E-state index contributed by atoms with van der Waals surface area (Å²) < 4.78 is 4.99. The Hall–Kier alpha value is -1.88. The average molecular weight is 232 g/mol. The maximum Gasteiger partial charge on any atom is 0.135 e. The molecule has 0 aliphatic rings. The first-order chi connectivity index (χ1) is 8.20. The molecule has 0 aliphatic heterocycles. The van der Waals surface area contributed by atoms with E-state index < -0.39 is 0 Å². The van der Waals surface area contributed by atoms with Crippen molar-refractivity contribution in [2.24, 2.45) is 0 Å². The molecule has 4 N–H and O–H groups in total. The number of hydrogen-bond acceptors (Lipinski definition) is 5. The fourth-order valence-electron chi connectivity index (χ4n) is 1.71. The Bertz CT molecular complexity index is 527. The first-order valence-corrected chi connectivity index (χ1v) is 5.51. The van der Waals surface area contributed by atoms with Gasteiger partial charge in [-0.25, -0.2) is 9.97 Å². The molecule has 0 spiro atoms. The Morgan fingerprint density at radius 3 is 2.82 bits per heavy atom. The second-order valence-electron chi connectivity index (χ2n) is 3.90. The molecule has 0 fully saturated rings. The molecule has 1 aromatic carbocycles. The van der Waals surface area contributed by atoms with Gasteiger partial charge in [0, 0.05) is 31.2 Å². The topological polar surface area (TPSA) is 87.0 Å². The summed E-state index contributed by atoms with van der Waals surface area (Å²) in [4.78, 5) is 8.72. The minimum Gasteiger partial charge on any atom is -0.399 e. The van der Waals surface area contributed by atoms with E-state index in [2.05, 4.69) is 9.97 Å². The second kappa shape index (κ2) is 4.97. The van der Waals surface area contributed by atoms with Crippen LogP contribution in [0.25, 0.3) is 10.9 Å². The van der Waals surface area contributed by atoms with E-state index in [1.165, 1.54) is 0 Å². The minimum absolute atomic E-state index is 0.502. The van der Waals surface area contributed by atoms with Crippen molar-refractivity contribution in [2.45, 2.75) is 12.8 Å². The molecule has 2 aromatic rings. The SMILES string of the molecule is COCCCc1nc(N)c2ccc(N)cc2n1. The van der Waals surface area contributed by atoms with E-state index in [0.717, 1.165) is 29.6 Å². The number of benzene rings is 1. The average Bonchev–Trinajstić information content (AvgIpc) is 2.28. The Morgan fingerprint density at radius 2 is 2.06 bits per heavy atom. The van der Waals surface area contributed by atoms with E-state index in [0.29, 0.717) is 18.1 Å². The molecule has 0 atom stereocenters. The fourth-order valence-corrected chi connectivity index (χ4v) is 1.71. The van der Waals surface area contributed by atoms with Crippen LogP contribution >= 0.6 is 0 Å². The van der Waals surface area contributed by atoms with Gasteiger partial charge in [0.15, 0.2) is 0 Å². The molecule has 2 rings (SSSR count). The zero-order valence-corrected chi connectivity index (χ0v) is 9.81. The number of anilines is 2. The molecule has 90 valence electrons. The third-order valence-electron chi connectivity index (χ3n) is 2.55. The van der Waals surface area contributed by atoms with Gasteiger partial charge in [0.2, 0.25) is 0 Å². The first kappa shape index (κ1) is 11.6. The van der Waals surface area contributed by atoms with Gasteiger partial charge < -0.3 is 16.2 Å². The molecule has 5 heteroatoms. The normalized spacial score (nSPS) is 10.9. The van der Waals surface area contributed by atoms with Crippen molar-refractivity contribution in [3.63, 3.8) is 0 Å². The third-order valence-corrected chi connectivity index (χ3v) is 2.55. The van der Waals surface area contributed by atoms with Crippen LogP contribution < -0.4 is 11.5 Å². The monoisotopic (exact) mass is 232 g/mol. The Morgan fingerprint density at radius 1 is 1.24 bits per heavy atom. The molecule has 1 aromatic heterocycles. The number of fused-ring (bicyclic) bond motifs is 1. The van der Waals surface area contributed by atoms with Crippen molar-refractivity contribution in [1.82, 2.24) is 9.97 Å². The predicted molar refractivity (Wildman–Crippen MR) is 68.6 cm³/mol. The van der Waals surface area contributed by atoms with Gasteiger partial charge in [0.1, 0.15) is 11.6 Å². The summed E-state index contributed by atoms with van der Waals surface area (Å²) in [5.74, 6) is 1.24. The van der Waals surface area contributed by atoms with Crippen molar-refractivity contribution in [3.8, 4) is 0 Å². The lowest BCUT2D eigenvalue weighted by Crippen LogP contribution is -2.03. The lowest BCUT2D eigenvalue weighted by atomic mass is 10.2. The molecule has 0 amide bonds. The zero-order chi connectivity index (χ0) is 12.3. The molecule has 0 unspecified atom stereocenters. The maximum atomic E-state index is 5.89. The summed E-state index contributed by atoms with van der Waals surface area (Å²) in [6, 6.07) is 5.46. The van der Waals surface area contributed by atoms with Crippen molar-refractivity contribution in [2.75, 3.05) is 25.2 Å². The van der Waals surface area contributed by atoms with Gasteiger partial charge in [0.05, 0.1) is 5.52 Å². The van der Waals surface area contributed by atoms with Crippen LogP contribution in [0.2, 0.25) is 0 Å². The van der Waals surface area contributed by atoms with E-state index in [9.17, 15) is 0 Å². The van der Waals surface area contributed by atoms with Gasteiger partial charge >= 0.3 is 0 Å². The molecule has 0 aliphatic carbocycles. The molecule has 17 heavy (non-hydrogen) atoms. The van der Waals surface area contributed by atoms with E-state index in [4.69, 9.17) is 16.2 Å². The number of ether oxygens (including phenoxy) is 1. The van der Waals surface area contributed by atoms with Crippen LogP contribution in [0.3, 0.4) is 0 Å². The molecule has 0 radical (unpaired) electrons. The van der Waals surface area contributed by atoms with Crippen LogP contribution in [0, 0.1) is 0 Å². The number of hydrogen-bond donors (Lipinski definition) is 2. The van der Waals surface area contributed by atoms with E-state index in [1.54, 1.807) is 13.2 Å². The molecule has 5 nitrogen and oxygen atoms in total. The van der Waals surface area contributed by atoms with E-state index >= 15 is 0 Å². The predicted octanol–water partition coefficient (Wildman–Crippen LogP) is 1.37. The highest BCUT2D eigenvalue weighted by molar-refractivity contribution is 5.89. The molecule has 0 bridgehead atoms. The van der Waals surface area contributed by atoms with Crippen LogP contribution in [0.5, 0.6) is 0 Å². The van der Waals surface area contributed by atoms with E-state index in [1.807, 2.05) is 12.1 Å². The molecule has 0 saturated carbocycles. The number of rotatable bonds is 4. The maximum absolute atomic E-state index is 5.89. The number of aryl methyl sites for hydroxylation is 1. The number of nitrogen functional groups attached to an aromatic ring is 2. The number of nitrogens with two attached hydrogens (primary N) is 2. The van der Waals surface area contributed by atoms with Gasteiger partial charge in [-0.1, -0.05) is 0 Å². The zero-order valence-electron chi connectivity index (χ0n) is 9.81. The molecular formula is C12H16N4O. The van der Waals surface area contributed by atoms with Crippen molar-refractivity contribution in [3.05, 3.63) is 24.0 Å². The van der Waals surface area contributed by atoms with E-state index in [-0.39, 0.29) is 0 Å². The fraction of sp³-hybridized carbons (Fsp3) is 0.333. The first-order valence-electron chi connectivity index (χ1n) is 5.51. The highest BCUT2D eigenvalue weighted by atomic mass is 16.5. The second-order valence-corrected chi connectivity index (χ2v) is 3.90. The van der Waals surface area contributed by atoms with Crippen LogP contribution in [-0.2, 0) is 11.2 Å². The Kier molecular flexibility index (Phi) is 3.39. The summed E-state index contributed by atoms with van der Waals surface area (Å²) in [6.07, 6.45) is 1.63. The molecule has 0 saturated heterocycles. The van der Waals surface area contributed by atoms with Crippen molar-refractivity contribution < 1.29 is 4.74 Å². The number of methoxy groups -OCH3 is 1. The van der Waals surface area contributed by atoms with Gasteiger partial charge in [-0.15, -0.1) is 0 Å².